The minimum Gasteiger partial charge on any atom is -0.490 e. The molecule has 6 aromatic rings. The Morgan fingerprint density at radius 1 is 1.15 bits per heavy atom. The third-order valence-corrected chi connectivity index (χ3v) is 9.69. The maximum absolute atomic E-state index is 16.1. The maximum atomic E-state index is 16.1. The topological polar surface area (TPSA) is 85.4 Å². The number of ether oxygens (including phenoxy) is 1. The van der Waals surface area contributed by atoms with Crippen molar-refractivity contribution in [3.63, 3.8) is 0 Å². The third kappa shape index (κ3) is 5.19. The Morgan fingerprint density at radius 2 is 1.96 bits per heavy atom. The van der Waals surface area contributed by atoms with Crippen LogP contribution in [0.5, 0.6) is 5.75 Å². The van der Waals surface area contributed by atoms with E-state index in [0.29, 0.717) is 29.2 Å². The van der Waals surface area contributed by atoms with Crippen molar-refractivity contribution >= 4 is 38.2 Å². The molecule has 7 rings (SSSR count). The Labute approximate surface area is 274 Å². The summed E-state index contributed by atoms with van der Waals surface area (Å²) in [5, 5.41) is 18.7. The number of carbonyl (C=O) groups is 1. The lowest BCUT2D eigenvalue weighted by atomic mass is 9.96. The van der Waals surface area contributed by atoms with Crippen LogP contribution >= 0.6 is 11.3 Å². The number of carbonyl (C=O) groups excluding carboxylic acids is 1. The highest BCUT2D eigenvalue weighted by atomic mass is 32.1. The molecule has 8 nitrogen and oxygen atoms in total. The van der Waals surface area contributed by atoms with E-state index in [1.807, 2.05) is 72.1 Å². The summed E-state index contributed by atoms with van der Waals surface area (Å²) in [6.45, 7) is 9.40. The second-order valence-corrected chi connectivity index (χ2v) is 13.0. The average molecular weight is 654 g/mol. The Morgan fingerprint density at radius 3 is 2.72 bits per heavy atom. The van der Waals surface area contributed by atoms with Crippen molar-refractivity contribution < 1.29 is 23.4 Å². The highest BCUT2D eigenvalue weighted by Crippen LogP contribution is 2.48. The minimum absolute atomic E-state index is 0.0302. The zero-order chi connectivity index (χ0) is 33.1. The lowest BCUT2D eigenvalue weighted by Crippen LogP contribution is -2.42. The van der Waals surface area contributed by atoms with Gasteiger partial charge in [0.25, 0.3) is 0 Å². The van der Waals surface area contributed by atoms with E-state index < -0.39 is 17.7 Å². The van der Waals surface area contributed by atoms with Crippen LogP contribution in [0.1, 0.15) is 38.5 Å². The van der Waals surface area contributed by atoms with Gasteiger partial charge in [0, 0.05) is 64.0 Å². The SMILES string of the molecule is C=CC(=O)N1C[C@H](C)n2nc(-c3nc(-c4ccc5c(ccn5C)c4)c4ccsc4c3-c3c(F)cc(F)cc3OC[C@@H](C)O)cc2[C@H]1C. The molecule has 0 unspecified atom stereocenters. The van der Waals surface area contributed by atoms with Gasteiger partial charge in [-0.1, -0.05) is 12.6 Å². The van der Waals surface area contributed by atoms with Crippen molar-refractivity contribution in [2.75, 3.05) is 13.2 Å². The number of halogens is 2. The maximum Gasteiger partial charge on any atom is 0.246 e. The van der Waals surface area contributed by atoms with Crippen molar-refractivity contribution in [1.82, 2.24) is 24.2 Å². The highest BCUT2D eigenvalue weighted by molar-refractivity contribution is 7.18. The highest BCUT2D eigenvalue weighted by Gasteiger charge is 2.34. The molecule has 0 saturated carbocycles. The van der Waals surface area contributed by atoms with E-state index in [2.05, 4.69) is 12.6 Å². The van der Waals surface area contributed by atoms with Gasteiger partial charge < -0.3 is 19.3 Å². The number of hydrogen-bond acceptors (Lipinski definition) is 6. The summed E-state index contributed by atoms with van der Waals surface area (Å²) in [7, 11) is 1.99. The summed E-state index contributed by atoms with van der Waals surface area (Å²) in [4.78, 5) is 19.7. The molecular weight excluding hydrogens is 620 g/mol. The summed E-state index contributed by atoms with van der Waals surface area (Å²) in [5.74, 6) is -1.85. The van der Waals surface area contributed by atoms with Crippen LogP contribution in [0.25, 0.3) is 54.8 Å². The molecule has 1 aliphatic rings. The van der Waals surface area contributed by atoms with E-state index in [9.17, 15) is 14.3 Å². The second kappa shape index (κ2) is 11.7. The first-order valence-corrected chi connectivity index (χ1v) is 16.2. The second-order valence-electron chi connectivity index (χ2n) is 12.1. The lowest BCUT2D eigenvalue weighted by Gasteiger charge is -2.36. The molecule has 5 heterocycles. The smallest absolute Gasteiger partial charge is 0.246 e. The van der Waals surface area contributed by atoms with Crippen LogP contribution in [-0.2, 0) is 11.8 Å². The van der Waals surface area contributed by atoms with Crippen LogP contribution in [0.3, 0.4) is 0 Å². The molecule has 0 aliphatic carbocycles. The summed E-state index contributed by atoms with van der Waals surface area (Å²) in [6.07, 6.45) is 2.44. The lowest BCUT2D eigenvalue weighted by molar-refractivity contribution is -0.129. The summed E-state index contributed by atoms with van der Waals surface area (Å²) in [5.41, 5.74) is 4.74. The van der Waals surface area contributed by atoms with Crippen LogP contribution < -0.4 is 4.74 Å². The molecule has 1 aliphatic heterocycles. The summed E-state index contributed by atoms with van der Waals surface area (Å²) in [6, 6.07) is 13.5. The molecular formula is C36H33F2N5O3S. The van der Waals surface area contributed by atoms with Gasteiger partial charge in [-0.25, -0.2) is 13.8 Å². The first-order valence-electron chi connectivity index (χ1n) is 15.4. The molecule has 0 saturated heterocycles. The number of aliphatic hydroxyl groups excluding tert-OH is 1. The number of aryl methyl sites for hydroxylation is 1. The van der Waals surface area contributed by atoms with Crippen LogP contribution in [0, 0.1) is 11.6 Å². The molecule has 0 radical (unpaired) electrons. The molecule has 4 aromatic heterocycles. The number of amides is 1. The molecule has 240 valence electrons. The van der Waals surface area contributed by atoms with Crippen molar-refractivity contribution in [3.05, 3.63) is 90.1 Å². The number of benzene rings is 2. The number of rotatable bonds is 7. The monoisotopic (exact) mass is 653 g/mol. The number of hydrogen-bond donors (Lipinski definition) is 1. The van der Waals surface area contributed by atoms with Gasteiger partial charge in [0.1, 0.15) is 35.4 Å². The van der Waals surface area contributed by atoms with E-state index in [-0.39, 0.29) is 35.9 Å². The summed E-state index contributed by atoms with van der Waals surface area (Å²) < 4.78 is 41.2. The molecule has 0 spiro atoms. The largest absolute Gasteiger partial charge is 0.490 e. The molecule has 1 amide bonds. The zero-order valence-electron chi connectivity index (χ0n) is 26.4. The van der Waals surface area contributed by atoms with Crippen LogP contribution in [0.4, 0.5) is 8.78 Å². The van der Waals surface area contributed by atoms with Crippen molar-refractivity contribution in [3.8, 4) is 39.5 Å². The van der Waals surface area contributed by atoms with Crippen molar-refractivity contribution in [2.24, 2.45) is 7.05 Å². The first-order chi connectivity index (χ1) is 22.5. The minimum atomic E-state index is -0.868. The number of fused-ring (bicyclic) bond motifs is 3. The Hall–Kier alpha value is -4.87. The molecule has 0 bridgehead atoms. The van der Waals surface area contributed by atoms with E-state index in [1.165, 1.54) is 24.3 Å². The van der Waals surface area contributed by atoms with Gasteiger partial charge in [-0.15, -0.1) is 11.3 Å². The third-order valence-electron chi connectivity index (χ3n) is 8.75. The Balaban J connectivity index is 1.52. The molecule has 3 atom stereocenters. The van der Waals surface area contributed by atoms with Gasteiger partial charge in [-0.3, -0.25) is 9.48 Å². The zero-order valence-corrected chi connectivity index (χ0v) is 27.2. The number of nitrogens with zero attached hydrogens (tertiary/aromatic N) is 5. The number of pyridine rings is 1. The molecule has 47 heavy (non-hydrogen) atoms. The van der Waals surface area contributed by atoms with Crippen LogP contribution in [-0.4, -0.2) is 54.5 Å². The van der Waals surface area contributed by atoms with Gasteiger partial charge in [0.2, 0.25) is 5.91 Å². The molecule has 2 aromatic carbocycles. The fraction of sp³-hybridized carbons (Fsp3) is 0.250. The first kappa shape index (κ1) is 30.8. The molecule has 11 heteroatoms. The van der Waals surface area contributed by atoms with E-state index in [4.69, 9.17) is 14.8 Å². The van der Waals surface area contributed by atoms with Crippen molar-refractivity contribution in [1.29, 1.82) is 0 Å². The van der Waals surface area contributed by atoms with Crippen molar-refractivity contribution in [2.45, 2.75) is 39.0 Å². The van der Waals surface area contributed by atoms with Gasteiger partial charge in [0.05, 0.1) is 35.1 Å². The standard InChI is InChI=1S/C36H33F2N5O3S/c1-6-31(45)42-17-19(2)43-29(21(42)4)16-27(40-43)35-33(32-26(38)14-24(37)15-30(32)46-18-20(3)44)36-25(10-12-47-36)34(39-35)23-7-8-28-22(13-23)9-11-41(28)5/h6-16,19-21,44H,1,17-18H2,2-5H3/t19-,20+,21+/m0/s1. The summed E-state index contributed by atoms with van der Waals surface area (Å²) >= 11 is 1.42. The number of aromatic nitrogens is 4. The molecule has 1 N–H and O–H groups in total. The van der Waals surface area contributed by atoms with Gasteiger partial charge >= 0.3 is 0 Å². The fourth-order valence-electron chi connectivity index (χ4n) is 6.48. The van der Waals surface area contributed by atoms with E-state index in [0.717, 1.165) is 44.4 Å². The van der Waals surface area contributed by atoms with Gasteiger partial charge in [-0.05, 0) is 62.6 Å². The quantitative estimate of drug-likeness (QED) is 0.179. The predicted molar refractivity (Wildman–Crippen MR) is 180 cm³/mol. The average Bonchev–Trinajstić information content (AvgIpc) is 3.80. The Bertz CT molecular complexity index is 2200. The fourth-order valence-corrected chi connectivity index (χ4v) is 7.42. The van der Waals surface area contributed by atoms with Gasteiger partial charge in [-0.2, -0.15) is 5.10 Å². The predicted octanol–water partition coefficient (Wildman–Crippen LogP) is 7.67. The molecule has 0 fully saturated rings. The number of thiophene rings is 1. The normalized spacial score (nSPS) is 16.9. The van der Waals surface area contributed by atoms with Crippen LogP contribution in [0.2, 0.25) is 0 Å². The number of aliphatic hydroxyl groups is 1. The van der Waals surface area contributed by atoms with Gasteiger partial charge in [0.15, 0.2) is 0 Å². The van der Waals surface area contributed by atoms with E-state index >= 15 is 4.39 Å². The van der Waals surface area contributed by atoms with Crippen LogP contribution in [0.15, 0.2) is 72.8 Å². The Kier molecular flexibility index (Phi) is 7.68. The van der Waals surface area contributed by atoms with E-state index in [1.54, 1.807) is 4.90 Å².